The van der Waals surface area contributed by atoms with Crippen LogP contribution in [0.3, 0.4) is 0 Å². The predicted molar refractivity (Wildman–Crippen MR) is 135 cm³/mol. The number of aliphatic imine (C=N–C) groups is 1. The molecule has 1 aromatic carbocycles. The van der Waals surface area contributed by atoms with Crippen LogP contribution in [0.25, 0.3) is 0 Å². The van der Waals surface area contributed by atoms with Crippen LogP contribution < -0.4 is 20.5 Å². The molecule has 0 spiro atoms. The van der Waals surface area contributed by atoms with E-state index in [-0.39, 0.29) is 30.0 Å². The van der Waals surface area contributed by atoms with Gasteiger partial charge < -0.3 is 20.5 Å². The molecule has 0 radical (unpaired) electrons. The second kappa shape index (κ2) is 9.73. The Morgan fingerprint density at radius 1 is 1.26 bits per heavy atom. The third-order valence-electron chi connectivity index (χ3n) is 7.38. The van der Waals surface area contributed by atoms with Gasteiger partial charge in [-0.15, -0.1) is 0 Å². The number of benzene rings is 1. The average Bonchev–Trinajstić information content (AvgIpc) is 3.65. The van der Waals surface area contributed by atoms with Crippen LogP contribution in [0.1, 0.15) is 56.3 Å². The molecular formula is C27H30F3N5O4. The molecule has 5 rings (SSSR count). The number of nitrogens with two attached hydrogens (primary N) is 1. The van der Waals surface area contributed by atoms with Crippen LogP contribution in [0.4, 0.5) is 13.2 Å². The van der Waals surface area contributed by atoms with Crippen LogP contribution in [0.15, 0.2) is 47.7 Å². The molecule has 39 heavy (non-hydrogen) atoms. The minimum absolute atomic E-state index is 0.0431. The number of aromatic nitrogens is 1. The fourth-order valence-electron chi connectivity index (χ4n) is 5.48. The number of halogens is 3. The molecule has 3 N–H and O–H groups in total. The first kappa shape index (κ1) is 26.8. The zero-order chi connectivity index (χ0) is 28.1. The number of carbonyl (C=O) groups excluding carboxylic acids is 2. The largest absolute Gasteiger partial charge is 0.495 e. The van der Waals surface area contributed by atoms with Gasteiger partial charge in [0.1, 0.15) is 11.5 Å². The smallest absolute Gasteiger partial charge is 0.425 e. The van der Waals surface area contributed by atoms with Gasteiger partial charge in [-0.3, -0.25) is 19.5 Å². The SMILES string of the molecule is COc1cncc(C(C2CC2C(=O)NC2CC(C(F)(F)F)Oc3ccccc32)N2C(=O)CC(C)(C)N=C2N)c1. The van der Waals surface area contributed by atoms with Crippen LogP contribution in [-0.4, -0.2) is 52.6 Å². The number of hydrogen-bond donors (Lipinski definition) is 2. The fourth-order valence-corrected chi connectivity index (χ4v) is 5.48. The van der Waals surface area contributed by atoms with Crippen LogP contribution in [0.2, 0.25) is 0 Å². The first-order chi connectivity index (χ1) is 18.4. The third-order valence-corrected chi connectivity index (χ3v) is 7.38. The molecule has 0 bridgehead atoms. The average molecular weight is 546 g/mol. The summed E-state index contributed by atoms with van der Waals surface area (Å²) in [6.45, 7) is 3.62. The maximum absolute atomic E-state index is 13.6. The Balaban J connectivity index is 1.41. The van der Waals surface area contributed by atoms with Crippen molar-refractivity contribution in [2.45, 2.75) is 63.0 Å². The van der Waals surface area contributed by atoms with Crippen molar-refractivity contribution in [2.24, 2.45) is 22.6 Å². The van der Waals surface area contributed by atoms with E-state index in [4.69, 9.17) is 15.2 Å². The molecule has 1 aromatic heterocycles. The highest BCUT2D eigenvalue weighted by Crippen LogP contribution is 2.52. The number of nitrogens with zero attached hydrogens (tertiary/aromatic N) is 3. The molecule has 2 amide bonds. The number of amides is 2. The minimum Gasteiger partial charge on any atom is -0.495 e. The van der Waals surface area contributed by atoms with Gasteiger partial charge in [0.2, 0.25) is 11.8 Å². The van der Waals surface area contributed by atoms with Gasteiger partial charge in [-0.1, -0.05) is 18.2 Å². The molecule has 1 saturated carbocycles. The zero-order valence-electron chi connectivity index (χ0n) is 21.7. The summed E-state index contributed by atoms with van der Waals surface area (Å²) in [5.74, 6) is -0.948. The Hall–Kier alpha value is -3.83. The maximum Gasteiger partial charge on any atom is 0.425 e. The van der Waals surface area contributed by atoms with Crippen molar-refractivity contribution in [1.29, 1.82) is 0 Å². The standard InChI is InChI=1S/C27H30F3N5O4/c1-26(2)11-22(36)35(25(31)34-26)23(14-8-15(38-3)13-32-12-14)17-9-18(17)24(37)33-19-10-21(27(28,29)30)39-20-7-5-4-6-16(19)20/h4-8,12-13,17-19,21,23H,9-11H2,1-3H3,(H2,31,34)(H,33,37). The summed E-state index contributed by atoms with van der Waals surface area (Å²) in [5, 5.41) is 2.81. The van der Waals surface area contributed by atoms with Gasteiger partial charge in [-0.25, -0.2) is 4.99 Å². The van der Waals surface area contributed by atoms with Crippen molar-refractivity contribution >= 4 is 17.8 Å². The number of hydrogen-bond acceptors (Lipinski definition) is 7. The van der Waals surface area contributed by atoms with Gasteiger partial charge in [0, 0.05) is 24.1 Å². The number of nitrogens with one attached hydrogen (secondary N) is 1. The highest BCUT2D eigenvalue weighted by molar-refractivity contribution is 5.99. The lowest BCUT2D eigenvalue weighted by molar-refractivity contribution is -0.201. The lowest BCUT2D eigenvalue weighted by atomic mass is 9.94. The molecule has 2 aromatic rings. The van der Waals surface area contributed by atoms with Crippen molar-refractivity contribution in [2.75, 3.05) is 7.11 Å². The maximum atomic E-state index is 13.6. The third kappa shape index (κ3) is 5.37. The van der Waals surface area contributed by atoms with E-state index >= 15 is 0 Å². The number of carbonyl (C=O) groups is 2. The summed E-state index contributed by atoms with van der Waals surface area (Å²) in [4.78, 5) is 36.8. The summed E-state index contributed by atoms with van der Waals surface area (Å²) in [6.07, 6.45) is -3.41. The lowest BCUT2D eigenvalue weighted by Crippen LogP contribution is -2.52. The number of para-hydroxylation sites is 1. The number of guanidine groups is 1. The van der Waals surface area contributed by atoms with E-state index in [9.17, 15) is 22.8 Å². The molecule has 2 aliphatic heterocycles. The molecular weight excluding hydrogens is 515 g/mol. The van der Waals surface area contributed by atoms with Gasteiger partial charge in [0.05, 0.1) is 37.4 Å². The molecule has 0 saturated heterocycles. The Labute approximate surface area is 223 Å². The van der Waals surface area contributed by atoms with Gasteiger partial charge in [0.25, 0.3) is 0 Å². The molecule has 1 fully saturated rings. The minimum atomic E-state index is -4.58. The summed E-state index contributed by atoms with van der Waals surface area (Å²) in [7, 11) is 1.49. The molecule has 9 nitrogen and oxygen atoms in total. The van der Waals surface area contributed by atoms with E-state index in [2.05, 4.69) is 15.3 Å². The van der Waals surface area contributed by atoms with Gasteiger partial charge in [-0.05, 0) is 43.9 Å². The van der Waals surface area contributed by atoms with Gasteiger partial charge in [0.15, 0.2) is 12.1 Å². The van der Waals surface area contributed by atoms with Crippen molar-refractivity contribution in [3.63, 3.8) is 0 Å². The Bertz CT molecular complexity index is 1310. The molecule has 12 heteroatoms. The first-order valence-corrected chi connectivity index (χ1v) is 12.7. The molecule has 5 atom stereocenters. The van der Waals surface area contributed by atoms with Crippen LogP contribution in [0, 0.1) is 11.8 Å². The van der Waals surface area contributed by atoms with E-state index in [1.807, 2.05) is 13.8 Å². The number of rotatable bonds is 6. The number of fused-ring (bicyclic) bond motifs is 1. The summed E-state index contributed by atoms with van der Waals surface area (Å²) >= 11 is 0. The molecule has 3 heterocycles. The molecule has 208 valence electrons. The quantitative estimate of drug-likeness (QED) is 0.572. The van der Waals surface area contributed by atoms with Crippen molar-refractivity contribution in [1.82, 2.24) is 15.2 Å². The lowest BCUT2D eigenvalue weighted by Gasteiger charge is -2.38. The first-order valence-electron chi connectivity index (χ1n) is 12.7. The molecule has 5 unspecified atom stereocenters. The van der Waals surface area contributed by atoms with E-state index in [0.717, 1.165) is 0 Å². The van der Waals surface area contributed by atoms with Crippen molar-refractivity contribution in [3.8, 4) is 11.5 Å². The number of methoxy groups -OCH3 is 1. The van der Waals surface area contributed by atoms with Crippen LogP contribution in [-0.2, 0) is 9.59 Å². The summed E-state index contributed by atoms with van der Waals surface area (Å²) < 4.78 is 51.2. The van der Waals surface area contributed by atoms with E-state index in [0.29, 0.717) is 23.3 Å². The summed E-state index contributed by atoms with van der Waals surface area (Å²) in [6, 6.07) is 6.58. The number of pyridine rings is 1. The number of ether oxygens (including phenoxy) is 2. The van der Waals surface area contributed by atoms with E-state index < -0.39 is 48.1 Å². The van der Waals surface area contributed by atoms with Crippen molar-refractivity contribution in [3.05, 3.63) is 53.9 Å². The van der Waals surface area contributed by atoms with E-state index in [1.165, 1.54) is 24.3 Å². The molecule has 3 aliphatic rings. The Morgan fingerprint density at radius 3 is 2.69 bits per heavy atom. The highest BCUT2D eigenvalue weighted by atomic mass is 19.4. The summed E-state index contributed by atoms with van der Waals surface area (Å²) in [5.41, 5.74) is 6.72. The Morgan fingerprint density at radius 2 is 2.00 bits per heavy atom. The zero-order valence-corrected chi connectivity index (χ0v) is 21.7. The van der Waals surface area contributed by atoms with Crippen molar-refractivity contribution < 1.29 is 32.2 Å². The number of alkyl halides is 3. The Kier molecular flexibility index (Phi) is 6.68. The normalized spacial score (nSPS) is 26.6. The van der Waals surface area contributed by atoms with Crippen LogP contribution >= 0.6 is 0 Å². The van der Waals surface area contributed by atoms with Gasteiger partial charge in [-0.2, -0.15) is 13.2 Å². The monoisotopic (exact) mass is 545 g/mol. The molecule has 1 aliphatic carbocycles. The topological polar surface area (TPSA) is 119 Å². The highest BCUT2D eigenvalue weighted by Gasteiger charge is 2.54. The fraction of sp³-hybridized carbons (Fsp3) is 0.481. The van der Waals surface area contributed by atoms with E-state index in [1.54, 1.807) is 30.5 Å². The second-order valence-corrected chi connectivity index (χ2v) is 10.8. The van der Waals surface area contributed by atoms with Crippen LogP contribution in [0.5, 0.6) is 11.5 Å². The predicted octanol–water partition coefficient (Wildman–Crippen LogP) is 3.66. The second-order valence-electron chi connectivity index (χ2n) is 10.8. The van der Waals surface area contributed by atoms with Gasteiger partial charge >= 0.3 is 6.18 Å².